The smallest absolute Gasteiger partial charge is 0.212 e. The number of benzene rings is 1. The number of hydrogen-bond acceptors (Lipinski definition) is 2. The standard InChI is InChI=1S/C14H22BrNO2S/c1-12(2)14(8-10-15)16-19(17,18)11-9-13-6-4-3-5-7-13/h3-7,12,14,16H,8-11H2,1-2H3. The number of sulfonamides is 1. The molecule has 0 aliphatic carbocycles. The molecule has 0 saturated carbocycles. The van der Waals surface area contributed by atoms with Crippen LogP contribution in [0.3, 0.4) is 0 Å². The van der Waals surface area contributed by atoms with E-state index in [4.69, 9.17) is 0 Å². The fourth-order valence-corrected chi connectivity index (χ4v) is 3.80. The molecule has 1 rings (SSSR count). The molecule has 0 aliphatic heterocycles. The van der Waals surface area contributed by atoms with E-state index < -0.39 is 10.0 Å². The molecule has 0 saturated heterocycles. The Bertz CT molecular complexity index is 460. The van der Waals surface area contributed by atoms with Crippen LogP contribution in [0.1, 0.15) is 25.8 Å². The molecule has 108 valence electrons. The van der Waals surface area contributed by atoms with E-state index in [0.717, 1.165) is 17.3 Å². The van der Waals surface area contributed by atoms with Crippen molar-refractivity contribution in [3.8, 4) is 0 Å². The van der Waals surface area contributed by atoms with Crippen LogP contribution < -0.4 is 4.72 Å². The summed E-state index contributed by atoms with van der Waals surface area (Å²) in [5.74, 6) is 0.437. The lowest BCUT2D eigenvalue weighted by Crippen LogP contribution is -2.40. The van der Waals surface area contributed by atoms with Crippen molar-refractivity contribution in [2.24, 2.45) is 5.92 Å². The monoisotopic (exact) mass is 347 g/mol. The maximum atomic E-state index is 12.1. The first-order valence-corrected chi connectivity index (χ1v) is 9.32. The molecule has 0 aromatic heterocycles. The highest BCUT2D eigenvalue weighted by Gasteiger charge is 2.19. The van der Waals surface area contributed by atoms with Gasteiger partial charge in [0.05, 0.1) is 5.75 Å². The summed E-state index contributed by atoms with van der Waals surface area (Å²) >= 11 is 3.37. The highest BCUT2D eigenvalue weighted by atomic mass is 79.9. The molecule has 3 nitrogen and oxygen atoms in total. The Morgan fingerprint density at radius 1 is 1.21 bits per heavy atom. The van der Waals surface area contributed by atoms with Gasteiger partial charge in [0.15, 0.2) is 0 Å². The number of hydrogen-bond donors (Lipinski definition) is 1. The normalized spacial score (nSPS) is 13.7. The second-order valence-electron chi connectivity index (χ2n) is 5.00. The molecular formula is C14H22BrNO2S. The quantitative estimate of drug-likeness (QED) is 0.734. The van der Waals surface area contributed by atoms with Gasteiger partial charge < -0.3 is 0 Å². The van der Waals surface area contributed by atoms with Crippen molar-refractivity contribution in [1.82, 2.24) is 4.72 Å². The Labute approximate surface area is 125 Å². The van der Waals surface area contributed by atoms with E-state index in [1.165, 1.54) is 0 Å². The van der Waals surface area contributed by atoms with Crippen molar-refractivity contribution in [3.63, 3.8) is 0 Å². The summed E-state index contributed by atoms with van der Waals surface area (Å²) in [6, 6.07) is 9.69. The average molecular weight is 348 g/mol. The average Bonchev–Trinajstić information content (AvgIpc) is 2.37. The van der Waals surface area contributed by atoms with Gasteiger partial charge in [-0.3, -0.25) is 0 Å². The third-order valence-electron chi connectivity index (χ3n) is 3.06. The van der Waals surface area contributed by atoms with Crippen molar-refractivity contribution < 1.29 is 8.42 Å². The fourth-order valence-electron chi connectivity index (χ4n) is 1.83. The summed E-state index contributed by atoms with van der Waals surface area (Å²) in [6.45, 7) is 4.07. The van der Waals surface area contributed by atoms with E-state index in [0.29, 0.717) is 12.3 Å². The van der Waals surface area contributed by atoms with Gasteiger partial charge in [0.1, 0.15) is 0 Å². The zero-order valence-electron chi connectivity index (χ0n) is 11.5. The molecule has 0 heterocycles. The topological polar surface area (TPSA) is 46.2 Å². The first kappa shape index (κ1) is 16.7. The molecule has 0 spiro atoms. The fraction of sp³-hybridized carbons (Fsp3) is 0.571. The van der Waals surface area contributed by atoms with Crippen LogP contribution in [0.25, 0.3) is 0 Å². The van der Waals surface area contributed by atoms with E-state index in [1.54, 1.807) is 0 Å². The van der Waals surface area contributed by atoms with Crippen LogP contribution in [0.15, 0.2) is 30.3 Å². The first-order chi connectivity index (χ1) is 8.94. The minimum absolute atomic E-state index is 0.000137. The van der Waals surface area contributed by atoms with Crippen LogP contribution in [0.2, 0.25) is 0 Å². The molecule has 0 amide bonds. The predicted molar refractivity (Wildman–Crippen MR) is 84.1 cm³/mol. The number of nitrogens with one attached hydrogen (secondary N) is 1. The second-order valence-corrected chi connectivity index (χ2v) is 7.67. The summed E-state index contributed by atoms with van der Waals surface area (Å²) in [4.78, 5) is 0. The summed E-state index contributed by atoms with van der Waals surface area (Å²) < 4.78 is 26.9. The molecule has 1 N–H and O–H groups in total. The number of rotatable bonds is 8. The van der Waals surface area contributed by atoms with Gasteiger partial charge in [0.2, 0.25) is 10.0 Å². The molecule has 1 aromatic carbocycles. The van der Waals surface area contributed by atoms with E-state index in [-0.39, 0.29) is 11.8 Å². The van der Waals surface area contributed by atoms with Crippen molar-refractivity contribution in [1.29, 1.82) is 0 Å². The predicted octanol–water partition coefficient (Wildman–Crippen LogP) is 2.96. The van der Waals surface area contributed by atoms with Crippen molar-refractivity contribution >= 4 is 26.0 Å². The second kappa shape index (κ2) is 8.02. The highest BCUT2D eigenvalue weighted by Crippen LogP contribution is 2.10. The van der Waals surface area contributed by atoms with Crippen molar-refractivity contribution in [3.05, 3.63) is 35.9 Å². The molecule has 0 aliphatic rings. The van der Waals surface area contributed by atoms with Gasteiger partial charge in [-0.05, 0) is 24.3 Å². The Morgan fingerprint density at radius 3 is 2.37 bits per heavy atom. The Morgan fingerprint density at radius 2 is 1.84 bits per heavy atom. The zero-order valence-corrected chi connectivity index (χ0v) is 13.9. The Balaban J connectivity index is 2.56. The van der Waals surface area contributed by atoms with Crippen LogP contribution >= 0.6 is 15.9 Å². The lowest BCUT2D eigenvalue weighted by atomic mass is 10.0. The molecule has 0 radical (unpaired) electrons. The van der Waals surface area contributed by atoms with Crippen molar-refractivity contribution in [2.75, 3.05) is 11.1 Å². The third kappa shape index (κ3) is 6.54. The molecule has 1 unspecified atom stereocenters. The van der Waals surface area contributed by atoms with Gasteiger partial charge in [-0.25, -0.2) is 13.1 Å². The van der Waals surface area contributed by atoms with Gasteiger partial charge in [0.25, 0.3) is 0 Å². The molecule has 1 atom stereocenters. The molecule has 5 heteroatoms. The largest absolute Gasteiger partial charge is 0.212 e. The van der Waals surface area contributed by atoms with Crippen LogP contribution in [0, 0.1) is 5.92 Å². The lowest BCUT2D eigenvalue weighted by Gasteiger charge is -2.21. The number of alkyl halides is 1. The minimum atomic E-state index is -3.22. The molecule has 0 bridgehead atoms. The summed E-state index contributed by atoms with van der Waals surface area (Å²) in [7, 11) is -3.22. The molecule has 19 heavy (non-hydrogen) atoms. The van der Waals surface area contributed by atoms with Crippen LogP contribution in [-0.4, -0.2) is 25.5 Å². The maximum Gasteiger partial charge on any atom is 0.212 e. The Kier molecular flexibility index (Phi) is 7.04. The van der Waals surface area contributed by atoms with Crippen LogP contribution in [-0.2, 0) is 16.4 Å². The molecular weight excluding hydrogens is 326 g/mol. The highest BCUT2D eigenvalue weighted by molar-refractivity contribution is 9.09. The zero-order chi connectivity index (χ0) is 14.3. The van der Waals surface area contributed by atoms with Crippen LogP contribution in [0.4, 0.5) is 0 Å². The summed E-state index contributed by atoms with van der Waals surface area (Å²) in [6.07, 6.45) is 1.36. The molecule has 0 fully saturated rings. The summed E-state index contributed by atoms with van der Waals surface area (Å²) in [5.41, 5.74) is 1.05. The van der Waals surface area contributed by atoms with Gasteiger partial charge >= 0.3 is 0 Å². The van der Waals surface area contributed by atoms with E-state index in [9.17, 15) is 8.42 Å². The van der Waals surface area contributed by atoms with Gasteiger partial charge in [-0.2, -0.15) is 0 Å². The third-order valence-corrected chi connectivity index (χ3v) is 4.92. The SMILES string of the molecule is CC(C)C(CCBr)NS(=O)(=O)CCc1ccccc1. The first-order valence-electron chi connectivity index (χ1n) is 6.54. The maximum absolute atomic E-state index is 12.1. The Hall–Kier alpha value is -0.390. The lowest BCUT2D eigenvalue weighted by molar-refractivity contribution is 0.440. The minimum Gasteiger partial charge on any atom is -0.212 e. The number of halogens is 1. The summed E-state index contributed by atoms with van der Waals surface area (Å²) in [5, 5.41) is 0.803. The molecule has 1 aromatic rings. The van der Waals surface area contributed by atoms with E-state index in [1.807, 2.05) is 44.2 Å². The van der Waals surface area contributed by atoms with E-state index in [2.05, 4.69) is 20.7 Å². The van der Waals surface area contributed by atoms with Gasteiger partial charge in [-0.1, -0.05) is 60.1 Å². The van der Waals surface area contributed by atoms with Gasteiger partial charge in [0, 0.05) is 11.4 Å². The number of aryl methyl sites for hydroxylation is 1. The van der Waals surface area contributed by atoms with Crippen LogP contribution in [0.5, 0.6) is 0 Å². The van der Waals surface area contributed by atoms with E-state index >= 15 is 0 Å². The van der Waals surface area contributed by atoms with Crippen molar-refractivity contribution in [2.45, 2.75) is 32.7 Å². The van der Waals surface area contributed by atoms with Gasteiger partial charge in [-0.15, -0.1) is 0 Å².